The largest absolute Gasteiger partial charge is 0.504 e. The highest BCUT2D eigenvalue weighted by Gasteiger charge is 2.26. The summed E-state index contributed by atoms with van der Waals surface area (Å²) < 4.78 is 16.9. The zero-order valence-corrected chi connectivity index (χ0v) is 28.5. The summed E-state index contributed by atoms with van der Waals surface area (Å²) in [7, 11) is 0. The van der Waals surface area contributed by atoms with E-state index >= 15 is 0 Å². The number of carbonyl (C=O) groups excluding carboxylic acids is 2. The minimum Gasteiger partial charge on any atom is -0.504 e. The number of fused-ring (bicyclic) bond motifs is 1. The Balaban J connectivity index is 1.69. The molecule has 0 unspecified atom stereocenters. The van der Waals surface area contributed by atoms with Crippen molar-refractivity contribution in [1.29, 1.82) is 0 Å². The summed E-state index contributed by atoms with van der Waals surface area (Å²) in [6.07, 6.45) is 19.9. The van der Waals surface area contributed by atoms with Crippen LogP contribution in [0, 0.1) is 0 Å². The number of phenolic OH excluding ortho intramolecular Hbond substituents is 2. The Bertz CT molecular complexity index is 1440. The molecule has 2 aromatic carbocycles. The fourth-order valence-corrected chi connectivity index (χ4v) is 5.75. The van der Waals surface area contributed by atoms with Gasteiger partial charge in [-0.2, -0.15) is 0 Å². The molecule has 2 N–H and O–H groups in total. The van der Waals surface area contributed by atoms with Gasteiger partial charge in [-0.05, 0) is 12.8 Å². The van der Waals surface area contributed by atoms with E-state index in [2.05, 4.69) is 13.8 Å². The number of unbranched alkanes of at least 4 members (excludes halogenated alkanes) is 16. The van der Waals surface area contributed by atoms with Crippen molar-refractivity contribution >= 4 is 22.9 Å². The fourth-order valence-electron chi connectivity index (χ4n) is 5.75. The summed E-state index contributed by atoms with van der Waals surface area (Å²) in [5.74, 6) is -3.39. The summed E-state index contributed by atoms with van der Waals surface area (Å²) in [4.78, 5) is 39.3. The number of hydrogen-bond donors (Lipinski definition) is 2. The van der Waals surface area contributed by atoms with Crippen LogP contribution >= 0.6 is 0 Å². The van der Waals surface area contributed by atoms with E-state index in [-0.39, 0.29) is 35.3 Å². The minimum absolute atomic E-state index is 0.00237. The van der Waals surface area contributed by atoms with Crippen LogP contribution in [0.4, 0.5) is 0 Å². The van der Waals surface area contributed by atoms with Crippen molar-refractivity contribution in [3.8, 4) is 34.3 Å². The number of ether oxygens (including phenoxy) is 2. The predicted molar refractivity (Wildman–Crippen MR) is 186 cm³/mol. The van der Waals surface area contributed by atoms with E-state index in [1.807, 2.05) is 0 Å². The molecule has 1 heterocycles. The van der Waals surface area contributed by atoms with Crippen LogP contribution in [-0.2, 0) is 9.59 Å². The first-order valence-electron chi connectivity index (χ1n) is 17.9. The Labute approximate surface area is 279 Å². The zero-order chi connectivity index (χ0) is 33.9. The van der Waals surface area contributed by atoms with Gasteiger partial charge in [0.25, 0.3) is 0 Å². The number of hydrogen-bond acceptors (Lipinski definition) is 8. The predicted octanol–water partition coefficient (Wildman–Crippen LogP) is 10.5. The van der Waals surface area contributed by atoms with Gasteiger partial charge in [0.15, 0.2) is 17.3 Å². The molecule has 8 heteroatoms. The fraction of sp³-hybridized carbons (Fsp3) is 0.564. The van der Waals surface area contributed by atoms with Crippen LogP contribution in [0.2, 0.25) is 0 Å². The second-order valence-electron chi connectivity index (χ2n) is 12.5. The minimum atomic E-state index is -0.806. The molecule has 47 heavy (non-hydrogen) atoms. The Morgan fingerprint density at radius 1 is 0.638 bits per heavy atom. The molecule has 258 valence electrons. The normalized spacial score (nSPS) is 11.2. The maximum Gasteiger partial charge on any atom is 0.311 e. The van der Waals surface area contributed by atoms with Gasteiger partial charge in [0, 0.05) is 24.5 Å². The highest BCUT2D eigenvalue weighted by Crippen LogP contribution is 2.43. The summed E-state index contributed by atoms with van der Waals surface area (Å²) >= 11 is 0. The molecule has 0 aliphatic rings. The van der Waals surface area contributed by atoms with Crippen molar-refractivity contribution in [2.75, 3.05) is 0 Å². The standard InChI is InChI=1S/C39H54O8/c1-3-5-7-9-11-13-15-17-22-26-32(41)46-38-30(40)28-31-34(35(38)43)36(44)39(37(45-31)29-24-20-19-21-25-29)47-33(42)27-23-18-16-14-12-10-8-6-4-2/h19-21,24-25,28,40,43H,3-18,22-23,26-27H2,1-2H3. The molecule has 0 spiro atoms. The molecule has 0 saturated heterocycles. The summed E-state index contributed by atoms with van der Waals surface area (Å²) in [5.41, 5.74) is -0.464. The number of phenols is 2. The van der Waals surface area contributed by atoms with E-state index in [9.17, 15) is 24.6 Å². The van der Waals surface area contributed by atoms with Crippen molar-refractivity contribution in [3.63, 3.8) is 0 Å². The van der Waals surface area contributed by atoms with Crippen LogP contribution in [0.15, 0.2) is 45.6 Å². The highest BCUT2D eigenvalue weighted by molar-refractivity contribution is 5.93. The second kappa shape index (κ2) is 21.1. The Kier molecular flexibility index (Phi) is 16.9. The van der Waals surface area contributed by atoms with Crippen molar-refractivity contribution in [2.24, 2.45) is 0 Å². The monoisotopic (exact) mass is 650 g/mol. The van der Waals surface area contributed by atoms with Crippen LogP contribution in [0.1, 0.15) is 142 Å². The van der Waals surface area contributed by atoms with E-state index in [0.29, 0.717) is 18.4 Å². The number of benzene rings is 2. The molecule has 3 aromatic rings. The topological polar surface area (TPSA) is 123 Å². The van der Waals surface area contributed by atoms with Gasteiger partial charge < -0.3 is 24.1 Å². The van der Waals surface area contributed by atoms with E-state index in [1.54, 1.807) is 30.3 Å². The first-order chi connectivity index (χ1) is 22.9. The van der Waals surface area contributed by atoms with Gasteiger partial charge in [-0.25, -0.2) is 0 Å². The van der Waals surface area contributed by atoms with Gasteiger partial charge in [0.2, 0.25) is 16.9 Å². The molecule has 0 bridgehead atoms. The second-order valence-corrected chi connectivity index (χ2v) is 12.5. The van der Waals surface area contributed by atoms with Gasteiger partial charge in [-0.15, -0.1) is 0 Å². The van der Waals surface area contributed by atoms with Crippen LogP contribution in [0.25, 0.3) is 22.3 Å². The molecule has 0 saturated carbocycles. The van der Waals surface area contributed by atoms with Gasteiger partial charge in [0.1, 0.15) is 11.0 Å². The third-order valence-electron chi connectivity index (χ3n) is 8.49. The van der Waals surface area contributed by atoms with Crippen molar-refractivity contribution < 1.29 is 33.7 Å². The molecule has 0 amide bonds. The Morgan fingerprint density at radius 2 is 1.09 bits per heavy atom. The van der Waals surface area contributed by atoms with Crippen molar-refractivity contribution in [3.05, 3.63) is 46.6 Å². The molecule has 8 nitrogen and oxygen atoms in total. The lowest BCUT2D eigenvalue weighted by Gasteiger charge is -2.14. The summed E-state index contributed by atoms with van der Waals surface area (Å²) in [6, 6.07) is 9.81. The van der Waals surface area contributed by atoms with Gasteiger partial charge in [-0.1, -0.05) is 147 Å². The molecule has 0 aliphatic heterocycles. The highest BCUT2D eigenvalue weighted by atomic mass is 16.6. The Morgan fingerprint density at radius 3 is 1.57 bits per heavy atom. The van der Waals surface area contributed by atoms with E-state index in [0.717, 1.165) is 44.6 Å². The molecular formula is C39H54O8. The van der Waals surface area contributed by atoms with Crippen LogP contribution in [0.5, 0.6) is 23.0 Å². The molecule has 3 rings (SSSR count). The van der Waals surface area contributed by atoms with Crippen LogP contribution in [0.3, 0.4) is 0 Å². The SMILES string of the molecule is CCCCCCCCCCCC(=O)Oc1c(O)cc2oc(-c3ccccc3)c(OC(=O)CCCCCCCCCCC)c(=O)c2c1O. The molecule has 0 radical (unpaired) electrons. The Hall–Kier alpha value is -3.81. The lowest BCUT2D eigenvalue weighted by molar-refractivity contribution is -0.135. The number of esters is 2. The van der Waals surface area contributed by atoms with Gasteiger partial charge in [0.05, 0.1) is 0 Å². The molecule has 0 aliphatic carbocycles. The van der Waals surface area contributed by atoms with E-state index in [4.69, 9.17) is 13.9 Å². The third kappa shape index (κ3) is 12.4. The third-order valence-corrected chi connectivity index (χ3v) is 8.49. The summed E-state index contributed by atoms with van der Waals surface area (Å²) in [5, 5.41) is 21.4. The molecular weight excluding hydrogens is 596 g/mol. The van der Waals surface area contributed by atoms with Gasteiger partial charge >= 0.3 is 11.9 Å². The lowest BCUT2D eigenvalue weighted by Crippen LogP contribution is -2.16. The van der Waals surface area contributed by atoms with Crippen molar-refractivity contribution in [2.45, 2.75) is 142 Å². The molecule has 0 fully saturated rings. The molecule has 0 atom stereocenters. The average Bonchev–Trinajstić information content (AvgIpc) is 3.06. The maximum absolute atomic E-state index is 13.8. The van der Waals surface area contributed by atoms with Crippen LogP contribution < -0.4 is 14.9 Å². The number of rotatable bonds is 23. The van der Waals surface area contributed by atoms with E-state index in [1.165, 1.54) is 64.2 Å². The van der Waals surface area contributed by atoms with Gasteiger partial charge in [-0.3, -0.25) is 14.4 Å². The maximum atomic E-state index is 13.8. The number of carbonyl (C=O) groups is 2. The first-order valence-corrected chi connectivity index (χ1v) is 17.9. The van der Waals surface area contributed by atoms with Crippen LogP contribution in [-0.4, -0.2) is 22.2 Å². The van der Waals surface area contributed by atoms with Crippen molar-refractivity contribution in [1.82, 2.24) is 0 Å². The quantitative estimate of drug-likeness (QED) is 0.0590. The average molecular weight is 651 g/mol. The smallest absolute Gasteiger partial charge is 0.311 e. The first kappa shape index (κ1) is 37.6. The number of aromatic hydroxyl groups is 2. The molecule has 1 aromatic heterocycles. The van der Waals surface area contributed by atoms with E-state index < -0.39 is 34.6 Å². The zero-order valence-electron chi connectivity index (χ0n) is 28.5. The summed E-state index contributed by atoms with van der Waals surface area (Å²) in [6.45, 7) is 4.40. The lowest BCUT2D eigenvalue weighted by atomic mass is 10.1.